The zero-order chi connectivity index (χ0) is 28.0. The second-order valence-corrected chi connectivity index (χ2v) is 11.6. The highest BCUT2D eigenvalue weighted by atomic mass is 35.5. The molecule has 8 aromatic rings. The molecular formula is C37H22ClN3S. The highest BCUT2D eigenvalue weighted by Gasteiger charge is 2.19. The van der Waals surface area contributed by atoms with Crippen molar-refractivity contribution in [3.8, 4) is 45.0 Å². The van der Waals surface area contributed by atoms with Crippen molar-refractivity contribution in [3.63, 3.8) is 0 Å². The van der Waals surface area contributed by atoms with Crippen LogP contribution < -0.4 is 0 Å². The fourth-order valence-electron chi connectivity index (χ4n) is 5.72. The Balaban J connectivity index is 1.40. The molecule has 0 radical (unpaired) electrons. The Labute approximate surface area is 251 Å². The molecule has 0 fully saturated rings. The third-order valence-corrected chi connectivity index (χ3v) is 9.09. The summed E-state index contributed by atoms with van der Waals surface area (Å²) in [7, 11) is 0. The zero-order valence-electron chi connectivity index (χ0n) is 22.3. The molecule has 0 aliphatic carbocycles. The van der Waals surface area contributed by atoms with E-state index in [1.165, 1.54) is 48.5 Å². The first kappa shape index (κ1) is 24.9. The molecule has 0 spiro atoms. The minimum absolute atomic E-state index is 0.181. The van der Waals surface area contributed by atoms with Crippen LogP contribution in [0, 0.1) is 0 Å². The van der Waals surface area contributed by atoms with Gasteiger partial charge in [-0.25, -0.2) is 4.98 Å². The number of nitrogens with zero attached hydrogens (tertiary/aromatic N) is 3. The average molecular weight is 576 g/mol. The number of benzene rings is 6. The molecule has 0 amide bonds. The van der Waals surface area contributed by atoms with Gasteiger partial charge in [0.25, 0.3) is 0 Å². The molecule has 42 heavy (non-hydrogen) atoms. The number of rotatable bonds is 4. The van der Waals surface area contributed by atoms with Crippen LogP contribution in [0.15, 0.2) is 133 Å². The fourth-order valence-corrected chi connectivity index (χ4v) is 7.24. The third kappa shape index (κ3) is 4.24. The lowest BCUT2D eigenvalue weighted by molar-refractivity contribution is 1.07. The summed E-state index contributed by atoms with van der Waals surface area (Å²) in [6, 6.07) is 46.6. The molecule has 198 valence electrons. The lowest BCUT2D eigenvalue weighted by Crippen LogP contribution is -1.97. The minimum Gasteiger partial charge on any atom is -0.208 e. The van der Waals surface area contributed by atoms with E-state index in [-0.39, 0.29) is 5.28 Å². The van der Waals surface area contributed by atoms with Gasteiger partial charge in [-0.05, 0) is 57.3 Å². The van der Waals surface area contributed by atoms with Gasteiger partial charge in [0.05, 0.1) is 0 Å². The quantitative estimate of drug-likeness (QED) is 0.209. The van der Waals surface area contributed by atoms with Crippen LogP contribution in [0.5, 0.6) is 0 Å². The molecule has 0 saturated carbocycles. The van der Waals surface area contributed by atoms with Crippen LogP contribution in [0.3, 0.4) is 0 Å². The highest BCUT2D eigenvalue weighted by molar-refractivity contribution is 7.27. The topological polar surface area (TPSA) is 38.7 Å². The number of halogens is 1. The van der Waals surface area contributed by atoms with E-state index in [1.807, 2.05) is 30.3 Å². The van der Waals surface area contributed by atoms with Gasteiger partial charge in [-0.3, -0.25) is 0 Å². The molecule has 6 aromatic carbocycles. The molecule has 0 unspecified atom stereocenters. The lowest BCUT2D eigenvalue weighted by atomic mass is 9.94. The molecule has 0 atom stereocenters. The minimum atomic E-state index is 0.181. The maximum absolute atomic E-state index is 6.47. The van der Waals surface area contributed by atoms with E-state index in [0.717, 1.165) is 15.8 Å². The molecule has 0 bridgehead atoms. The number of hydrogen-bond acceptors (Lipinski definition) is 4. The Kier molecular flexibility index (Phi) is 6.03. The van der Waals surface area contributed by atoms with Crippen molar-refractivity contribution in [1.82, 2.24) is 15.0 Å². The molecule has 0 aliphatic heterocycles. The number of fused-ring (bicyclic) bond motifs is 5. The summed E-state index contributed by atoms with van der Waals surface area (Å²) < 4.78 is 2.37. The van der Waals surface area contributed by atoms with Gasteiger partial charge in [0, 0.05) is 36.9 Å². The maximum atomic E-state index is 6.47. The molecule has 5 heteroatoms. The summed E-state index contributed by atoms with van der Waals surface area (Å²) in [4.78, 5) is 13.9. The molecule has 2 heterocycles. The van der Waals surface area contributed by atoms with Crippen LogP contribution in [0.25, 0.3) is 76.0 Å². The number of hydrogen-bond donors (Lipinski definition) is 0. The molecular weight excluding hydrogens is 554 g/mol. The molecule has 3 nitrogen and oxygen atoms in total. The van der Waals surface area contributed by atoms with E-state index in [4.69, 9.17) is 16.6 Å². The lowest BCUT2D eigenvalue weighted by Gasteiger charge is -2.10. The highest BCUT2D eigenvalue weighted by Crippen LogP contribution is 2.47. The Morgan fingerprint density at radius 3 is 1.93 bits per heavy atom. The van der Waals surface area contributed by atoms with Gasteiger partial charge in [0.1, 0.15) is 0 Å². The predicted molar refractivity (Wildman–Crippen MR) is 177 cm³/mol. The Morgan fingerprint density at radius 1 is 0.452 bits per heavy atom. The fraction of sp³-hybridized carbons (Fsp3) is 0. The van der Waals surface area contributed by atoms with Gasteiger partial charge in [0.2, 0.25) is 5.28 Å². The van der Waals surface area contributed by atoms with E-state index >= 15 is 0 Å². The number of aromatic nitrogens is 3. The first-order valence-electron chi connectivity index (χ1n) is 13.7. The summed E-state index contributed by atoms with van der Waals surface area (Å²) in [6.45, 7) is 0. The zero-order valence-corrected chi connectivity index (χ0v) is 23.9. The van der Waals surface area contributed by atoms with Gasteiger partial charge in [-0.15, -0.1) is 11.3 Å². The molecule has 0 N–H and O–H groups in total. The second-order valence-electron chi connectivity index (χ2n) is 10.2. The van der Waals surface area contributed by atoms with Crippen LogP contribution in [0.1, 0.15) is 0 Å². The Morgan fingerprint density at radius 2 is 1.10 bits per heavy atom. The maximum Gasteiger partial charge on any atom is 0.226 e. The molecule has 8 rings (SSSR count). The van der Waals surface area contributed by atoms with E-state index < -0.39 is 0 Å². The van der Waals surface area contributed by atoms with Crippen LogP contribution >= 0.6 is 22.9 Å². The standard InChI is InChI=1S/C37H22ClN3S/c38-37-40-35(24-13-5-2-6-14-24)39-36(41-37)30-20-10-19-29-32-28-18-8-7-15-27(28)22-31(34(32)42-33(29)30)26-17-9-16-25(21-26)23-11-3-1-4-12-23/h1-22H. The van der Waals surface area contributed by atoms with Gasteiger partial charge >= 0.3 is 0 Å². The summed E-state index contributed by atoms with van der Waals surface area (Å²) in [5.74, 6) is 1.13. The normalized spacial score (nSPS) is 11.5. The molecule has 2 aromatic heterocycles. The van der Waals surface area contributed by atoms with Crippen LogP contribution in [0.4, 0.5) is 0 Å². The van der Waals surface area contributed by atoms with Crippen molar-refractivity contribution in [1.29, 1.82) is 0 Å². The van der Waals surface area contributed by atoms with Gasteiger partial charge in [-0.2, -0.15) is 9.97 Å². The monoisotopic (exact) mass is 575 g/mol. The number of thiophene rings is 1. The van der Waals surface area contributed by atoms with Crippen molar-refractivity contribution in [2.45, 2.75) is 0 Å². The van der Waals surface area contributed by atoms with E-state index in [0.29, 0.717) is 11.6 Å². The van der Waals surface area contributed by atoms with Crippen molar-refractivity contribution < 1.29 is 0 Å². The second kappa shape index (κ2) is 10.2. The molecule has 0 aliphatic rings. The smallest absolute Gasteiger partial charge is 0.208 e. The first-order chi connectivity index (χ1) is 20.7. The molecule has 0 saturated heterocycles. The Bertz CT molecular complexity index is 2260. The van der Waals surface area contributed by atoms with Crippen LogP contribution in [-0.2, 0) is 0 Å². The van der Waals surface area contributed by atoms with Gasteiger partial charge < -0.3 is 0 Å². The van der Waals surface area contributed by atoms with Crippen LogP contribution in [-0.4, -0.2) is 15.0 Å². The summed E-state index contributed by atoms with van der Waals surface area (Å²) >= 11 is 8.25. The summed E-state index contributed by atoms with van der Waals surface area (Å²) in [5.41, 5.74) is 6.66. The van der Waals surface area contributed by atoms with Crippen LogP contribution in [0.2, 0.25) is 5.28 Å². The van der Waals surface area contributed by atoms with E-state index in [1.54, 1.807) is 11.3 Å². The van der Waals surface area contributed by atoms with Crippen molar-refractivity contribution in [3.05, 3.63) is 139 Å². The Hall–Kier alpha value is -4.90. The van der Waals surface area contributed by atoms with Crippen molar-refractivity contribution in [2.75, 3.05) is 0 Å². The van der Waals surface area contributed by atoms with E-state index in [9.17, 15) is 0 Å². The van der Waals surface area contributed by atoms with Gasteiger partial charge in [0.15, 0.2) is 11.6 Å². The third-order valence-electron chi connectivity index (χ3n) is 7.65. The summed E-state index contributed by atoms with van der Waals surface area (Å²) in [6.07, 6.45) is 0. The van der Waals surface area contributed by atoms with Crippen molar-refractivity contribution >= 4 is 53.9 Å². The SMILES string of the molecule is Clc1nc(-c2ccccc2)nc(-c2cccc3c2sc2c(-c4cccc(-c5ccccc5)c4)cc4ccccc4c23)n1. The first-order valence-corrected chi connectivity index (χ1v) is 14.9. The average Bonchev–Trinajstić information content (AvgIpc) is 3.45. The van der Waals surface area contributed by atoms with E-state index in [2.05, 4.69) is 113 Å². The predicted octanol–water partition coefficient (Wildman–Crippen LogP) is 10.7. The largest absolute Gasteiger partial charge is 0.226 e. The van der Waals surface area contributed by atoms with Crippen molar-refractivity contribution in [2.24, 2.45) is 0 Å². The summed E-state index contributed by atoms with van der Waals surface area (Å²) in [5, 5.41) is 5.06. The van der Waals surface area contributed by atoms with Gasteiger partial charge in [-0.1, -0.05) is 115 Å².